The van der Waals surface area contributed by atoms with E-state index >= 15 is 0 Å². The minimum atomic E-state index is -1.33. The lowest BCUT2D eigenvalue weighted by molar-refractivity contribution is -0.149. The van der Waals surface area contributed by atoms with E-state index in [0.717, 1.165) is 5.56 Å². The first kappa shape index (κ1) is 27.6. The van der Waals surface area contributed by atoms with Gasteiger partial charge in [0.05, 0.1) is 12.1 Å². The van der Waals surface area contributed by atoms with Gasteiger partial charge in [-0.1, -0.05) is 30.3 Å². The molecule has 10 nitrogen and oxygen atoms in total. The molecule has 5 atom stereocenters. The molecule has 0 spiro atoms. The number of nitrogens with zero attached hydrogens (tertiary/aromatic N) is 1. The largest absolute Gasteiger partial charge is 0.480 e. The third kappa shape index (κ3) is 7.71. The highest BCUT2D eigenvalue weighted by Gasteiger charge is 2.38. The molecule has 1 heterocycles. The Morgan fingerprint density at radius 2 is 1.85 bits per heavy atom. The Hall–Kier alpha value is -2.63. The number of carboxylic acids is 1. The highest BCUT2D eigenvalue weighted by atomic mass is 32.2. The number of carbonyl (C=O) groups is 4. The molecular weight excluding hydrogens is 460 g/mol. The summed E-state index contributed by atoms with van der Waals surface area (Å²) in [6.45, 7) is 1.65. The number of hydrogen-bond acceptors (Lipinski definition) is 7. The van der Waals surface area contributed by atoms with Crippen molar-refractivity contribution in [1.29, 1.82) is 0 Å². The molecule has 0 aliphatic carbocycles. The molecule has 1 saturated heterocycles. The van der Waals surface area contributed by atoms with E-state index in [1.165, 1.54) is 23.6 Å². The fraction of sp³-hybridized carbons (Fsp3) is 0.565. The first-order valence-electron chi connectivity index (χ1n) is 11.3. The maximum Gasteiger partial charge on any atom is 0.326 e. The van der Waals surface area contributed by atoms with Crippen molar-refractivity contribution in [2.24, 2.45) is 5.73 Å². The predicted octanol–water partition coefficient (Wildman–Crippen LogP) is -0.264. The summed E-state index contributed by atoms with van der Waals surface area (Å²) in [7, 11) is 0. The summed E-state index contributed by atoms with van der Waals surface area (Å²) in [6.07, 6.45) is 2.06. The van der Waals surface area contributed by atoms with E-state index in [0.29, 0.717) is 25.1 Å². The standard InChI is InChI=1S/C23H34N4O6S/c1-14(28)19(26-20(29)16(24)13-15-7-4-3-5-8-15)21(30)25-17(10-12-34-2)22(31)27-11-6-9-18(27)23(32)33/h3-5,7-8,14,16-19,28H,6,9-13,24H2,1-2H3,(H,25,30)(H,26,29)(H,32,33). The normalized spacial score (nSPS) is 19.1. The van der Waals surface area contributed by atoms with E-state index in [1.54, 1.807) is 0 Å². The van der Waals surface area contributed by atoms with Crippen LogP contribution in [0.25, 0.3) is 0 Å². The average Bonchev–Trinajstić information content (AvgIpc) is 3.30. The molecule has 1 fully saturated rings. The highest BCUT2D eigenvalue weighted by Crippen LogP contribution is 2.20. The van der Waals surface area contributed by atoms with E-state index in [4.69, 9.17) is 5.73 Å². The monoisotopic (exact) mass is 494 g/mol. The number of nitrogens with one attached hydrogen (secondary N) is 2. The molecule has 0 saturated carbocycles. The Labute approximate surface area is 203 Å². The van der Waals surface area contributed by atoms with Crippen molar-refractivity contribution in [2.75, 3.05) is 18.6 Å². The smallest absolute Gasteiger partial charge is 0.326 e. The lowest BCUT2D eigenvalue weighted by atomic mass is 10.0. The summed E-state index contributed by atoms with van der Waals surface area (Å²) in [6, 6.07) is 4.99. The minimum absolute atomic E-state index is 0.251. The number of benzene rings is 1. The van der Waals surface area contributed by atoms with Crippen LogP contribution in [0.2, 0.25) is 0 Å². The van der Waals surface area contributed by atoms with E-state index < -0.39 is 54.0 Å². The number of aliphatic hydroxyl groups is 1. The zero-order valence-electron chi connectivity index (χ0n) is 19.5. The van der Waals surface area contributed by atoms with Crippen molar-refractivity contribution in [1.82, 2.24) is 15.5 Å². The van der Waals surface area contributed by atoms with Crippen LogP contribution in [-0.2, 0) is 25.6 Å². The Bertz CT molecular complexity index is 853. The van der Waals surface area contributed by atoms with Crippen LogP contribution in [0.4, 0.5) is 0 Å². The summed E-state index contributed by atoms with van der Waals surface area (Å²) in [5, 5.41) is 24.7. The number of rotatable bonds is 12. The molecule has 2 rings (SSSR count). The fourth-order valence-electron chi connectivity index (χ4n) is 3.87. The summed E-state index contributed by atoms with van der Waals surface area (Å²) in [5.74, 6) is -2.36. The van der Waals surface area contributed by atoms with Gasteiger partial charge < -0.3 is 31.5 Å². The zero-order valence-corrected chi connectivity index (χ0v) is 20.3. The highest BCUT2D eigenvalue weighted by molar-refractivity contribution is 7.98. The summed E-state index contributed by atoms with van der Waals surface area (Å²) < 4.78 is 0. The van der Waals surface area contributed by atoms with Gasteiger partial charge in [-0.25, -0.2) is 4.79 Å². The maximum absolute atomic E-state index is 13.1. The van der Waals surface area contributed by atoms with Gasteiger partial charge in [0.15, 0.2) is 0 Å². The lowest BCUT2D eigenvalue weighted by Crippen LogP contribution is -2.60. The topological polar surface area (TPSA) is 162 Å². The van der Waals surface area contributed by atoms with Gasteiger partial charge in [-0.3, -0.25) is 14.4 Å². The third-order valence-electron chi connectivity index (χ3n) is 5.74. The van der Waals surface area contributed by atoms with Crippen LogP contribution >= 0.6 is 11.8 Å². The predicted molar refractivity (Wildman–Crippen MR) is 129 cm³/mol. The molecule has 11 heteroatoms. The second-order valence-electron chi connectivity index (χ2n) is 8.39. The van der Waals surface area contributed by atoms with Crippen molar-refractivity contribution in [2.45, 2.75) is 62.9 Å². The van der Waals surface area contributed by atoms with Crippen LogP contribution in [0.3, 0.4) is 0 Å². The first-order chi connectivity index (χ1) is 16.1. The second kappa shape index (κ2) is 13.3. The molecule has 0 aromatic heterocycles. The van der Waals surface area contributed by atoms with Gasteiger partial charge >= 0.3 is 5.97 Å². The van der Waals surface area contributed by atoms with Gasteiger partial charge in [0.1, 0.15) is 18.1 Å². The Morgan fingerprint density at radius 3 is 2.44 bits per heavy atom. The van der Waals surface area contributed by atoms with E-state index in [-0.39, 0.29) is 12.8 Å². The fourth-order valence-corrected chi connectivity index (χ4v) is 4.34. The van der Waals surface area contributed by atoms with Crippen LogP contribution in [0, 0.1) is 0 Å². The number of amides is 3. The van der Waals surface area contributed by atoms with Crippen LogP contribution in [0.15, 0.2) is 30.3 Å². The molecular formula is C23H34N4O6S. The van der Waals surface area contributed by atoms with Crippen LogP contribution in [-0.4, -0.2) is 87.6 Å². The van der Waals surface area contributed by atoms with Crippen LogP contribution < -0.4 is 16.4 Å². The molecule has 6 N–H and O–H groups in total. The Morgan fingerprint density at radius 1 is 1.18 bits per heavy atom. The van der Waals surface area contributed by atoms with Gasteiger partial charge in [-0.05, 0) is 50.2 Å². The van der Waals surface area contributed by atoms with Gasteiger partial charge in [0, 0.05) is 6.54 Å². The molecule has 1 aliphatic heterocycles. The molecule has 1 aromatic rings. The molecule has 34 heavy (non-hydrogen) atoms. The number of nitrogens with two attached hydrogens (primary N) is 1. The summed E-state index contributed by atoms with van der Waals surface area (Å²) in [5.41, 5.74) is 6.85. The van der Waals surface area contributed by atoms with Crippen molar-refractivity contribution < 1.29 is 29.4 Å². The van der Waals surface area contributed by atoms with Gasteiger partial charge in [-0.2, -0.15) is 11.8 Å². The third-order valence-corrected chi connectivity index (χ3v) is 6.39. The lowest BCUT2D eigenvalue weighted by Gasteiger charge is -2.29. The molecule has 0 bridgehead atoms. The Balaban J connectivity index is 2.08. The number of aliphatic hydroxyl groups excluding tert-OH is 1. The van der Waals surface area contributed by atoms with Crippen LogP contribution in [0.1, 0.15) is 31.7 Å². The number of carbonyl (C=O) groups excluding carboxylic acids is 3. The van der Waals surface area contributed by atoms with E-state index in [1.807, 2.05) is 36.6 Å². The number of aliphatic carboxylic acids is 1. The average molecular weight is 495 g/mol. The van der Waals surface area contributed by atoms with Crippen molar-refractivity contribution in [3.8, 4) is 0 Å². The summed E-state index contributed by atoms with van der Waals surface area (Å²) in [4.78, 5) is 51.5. The van der Waals surface area contributed by atoms with Gasteiger partial charge in [0.25, 0.3) is 0 Å². The van der Waals surface area contributed by atoms with Crippen molar-refractivity contribution in [3.05, 3.63) is 35.9 Å². The zero-order chi connectivity index (χ0) is 25.3. The quantitative estimate of drug-likeness (QED) is 0.265. The SMILES string of the molecule is CSCCC(NC(=O)C(NC(=O)C(N)Cc1ccccc1)C(C)O)C(=O)N1CCCC1C(=O)O. The van der Waals surface area contributed by atoms with E-state index in [9.17, 15) is 29.4 Å². The van der Waals surface area contributed by atoms with Gasteiger partial charge in [-0.15, -0.1) is 0 Å². The minimum Gasteiger partial charge on any atom is -0.480 e. The molecule has 5 unspecified atom stereocenters. The summed E-state index contributed by atoms with van der Waals surface area (Å²) >= 11 is 1.48. The molecule has 1 aromatic carbocycles. The number of thioether (sulfide) groups is 1. The van der Waals surface area contributed by atoms with E-state index in [2.05, 4.69) is 10.6 Å². The number of likely N-dealkylation sites (tertiary alicyclic amines) is 1. The molecule has 188 valence electrons. The van der Waals surface area contributed by atoms with Gasteiger partial charge in [0.2, 0.25) is 17.7 Å². The molecule has 1 aliphatic rings. The van der Waals surface area contributed by atoms with Crippen LogP contribution in [0.5, 0.6) is 0 Å². The number of hydrogen-bond donors (Lipinski definition) is 5. The van der Waals surface area contributed by atoms with Crippen molar-refractivity contribution in [3.63, 3.8) is 0 Å². The molecule has 0 radical (unpaired) electrons. The second-order valence-corrected chi connectivity index (χ2v) is 9.38. The maximum atomic E-state index is 13.1. The number of carboxylic acid groups (broad SMARTS) is 1. The Kier molecular flexibility index (Phi) is 10.8. The van der Waals surface area contributed by atoms with Crippen molar-refractivity contribution >= 4 is 35.5 Å². The molecule has 3 amide bonds. The first-order valence-corrected chi connectivity index (χ1v) is 12.7.